The maximum absolute atomic E-state index is 13.0. The van der Waals surface area contributed by atoms with Gasteiger partial charge in [-0.1, -0.05) is 65.7 Å². The molecule has 6 nitrogen and oxygen atoms in total. The predicted molar refractivity (Wildman–Crippen MR) is 132 cm³/mol. The van der Waals surface area contributed by atoms with E-state index in [1.165, 1.54) is 4.31 Å². The largest absolute Gasteiger partial charge is 0.366 e. The summed E-state index contributed by atoms with van der Waals surface area (Å²) in [5.41, 5.74) is 3.28. The van der Waals surface area contributed by atoms with E-state index in [1.54, 1.807) is 36.4 Å². The van der Waals surface area contributed by atoms with Crippen LogP contribution in [0, 0.1) is 6.92 Å². The van der Waals surface area contributed by atoms with Crippen LogP contribution < -0.4 is 10.2 Å². The third kappa shape index (κ3) is 5.38. The lowest BCUT2D eigenvalue weighted by Crippen LogP contribution is -2.49. The predicted octanol–water partition coefficient (Wildman–Crippen LogP) is 4.34. The minimum absolute atomic E-state index is 0.134. The molecule has 1 aliphatic rings. The molecule has 0 spiro atoms. The van der Waals surface area contributed by atoms with E-state index >= 15 is 0 Å². The second-order valence-electron chi connectivity index (χ2n) is 8.05. The average molecular weight is 484 g/mol. The molecule has 0 atom stereocenters. The number of sulfonamides is 1. The molecule has 1 amide bonds. The number of nitrogens with one attached hydrogen (secondary N) is 1. The Hall–Kier alpha value is -2.87. The van der Waals surface area contributed by atoms with E-state index in [0.29, 0.717) is 47.5 Å². The van der Waals surface area contributed by atoms with Crippen LogP contribution in [0.3, 0.4) is 0 Å². The monoisotopic (exact) mass is 483 g/mol. The Balaban J connectivity index is 1.47. The SMILES string of the molecule is Cc1ccc(S(=O)(=O)N2CCN(c3c(Cl)cccc3NC(=O)Cc3ccccc3)CC2)cc1. The summed E-state index contributed by atoms with van der Waals surface area (Å²) < 4.78 is 27.5. The highest BCUT2D eigenvalue weighted by Crippen LogP contribution is 2.35. The highest BCUT2D eigenvalue weighted by Gasteiger charge is 2.30. The fourth-order valence-electron chi connectivity index (χ4n) is 3.92. The van der Waals surface area contributed by atoms with Gasteiger partial charge in [-0.15, -0.1) is 0 Å². The summed E-state index contributed by atoms with van der Waals surface area (Å²) in [5, 5.41) is 3.49. The summed E-state index contributed by atoms with van der Waals surface area (Å²) in [7, 11) is -3.55. The highest BCUT2D eigenvalue weighted by molar-refractivity contribution is 7.89. The second-order valence-corrected chi connectivity index (χ2v) is 10.4. The van der Waals surface area contributed by atoms with Crippen molar-refractivity contribution in [2.24, 2.45) is 0 Å². The zero-order valence-electron chi connectivity index (χ0n) is 18.4. The molecule has 0 saturated carbocycles. The molecular weight excluding hydrogens is 458 g/mol. The summed E-state index contributed by atoms with van der Waals surface area (Å²) in [4.78, 5) is 15.0. The summed E-state index contributed by atoms with van der Waals surface area (Å²) >= 11 is 6.52. The standard InChI is InChI=1S/C25H26ClN3O3S/c1-19-10-12-21(13-11-19)33(31,32)29-16-14-28(15-17-29)25-22(26)8-5-9-23(25)27-24(30)18-20-6-3-2-4-7-20/h2-13H,14-18H2,1H3,(H,27,30). The van der Waals surface area contributed by atoms with Crippen LogP contribution in [0.5, 0.6) is 0 Å². The van der Waals surface area contributed by atoms with Crippen LogP contribution in [-0.4, -0.2) is 44.8 Å². The van der Waals surface area contributed by atoms with E-state index in [0.717, 1.165) is 11.1 Å². The summed E-state index contributed by atoms with van der Waals surface area (Å²) in [6.45, 7) is 3.53. The smallest absolute Gasteiger partial charge is 0.243 e. The third-order valence-corrected chi connectivity index (χ3v) is 7.90. The highest BCUT2D eigenvalue weighted by atomic mass is 35.5. The van der Waals surface area contributed by atoms with E-state index < -0.39 is 10.0 Å². The van der Waals surface area contributed by atoms with E-state index in [4.69, 9.17) is 11.6 Å². The summed E-state index contributed by atoms with van der Waals surface area (Å²) in [5.74, 6) is -0.134. The number of piperazine rings is 1. The van der Waals surface area contributed by atoms with Gasteiger partial charge in [0.15, 0.2) is 0 Å². The number of carbonyl (C=O) groups excluding carboxylic acids is 1. The zero-order chi connectivity index (χ0) is 23.4. The first-order valence-electron chi connectivity index (χ1n) is 10.8. The fourth-order valence-corrected chi connectivity index (χ4v) is 5.64. The fraction of sp³-hybridized carbons (Fsp3) is 0.240. The van der Waals surface area contributed by atoms with Crippen molar-refractivity contribution in [3.05, 3.63) is 88.9 Å². The molecule has 33 heavy (non-hydrogen) atoms. The van der Waals surface area contributed by atoms with Gasteiger partial charge >= 0.3 is 0 Å². The number of hydrogen-bond acceptors (Lipinski definition) is 4. The molecule has 1 fully saturated rings. The molecule has 0 aromatic heterocycles. The van der Waals surface area contributed by atoms with Gasteiger partial charge in [-0.25, -0.2) is 8.42 Å². The zero-order valence-corrected chi connectivity index (χ0v) is 19.9. The van der Waals surface area contributed by atoms with E-state index in [1.807, 2.05) is 48.2 Å². The number of rotatable bonds is 6. The minimum atomic E-state index is -3.55. The molecule has 1 heterocycles. The van der Waals surface area contributed by atoms with Crippen molar-refractivity contribution in [1.29, 1.82) is 0 Å². The van der Waals surface area contributed by atoms with Gasteiger partial charge in [0.25, 0.3) is 0 Å². The van der Waals surface area contributed by atoms with Gasteiger partial charge < -0.3 is 10.2 Å². The molecule has 0 aliphatic carbocycles. The summed E-state index contributed by atoms with van der Waals surface area (Å²) in [6, 6.07) is 21.8. The Morgan fingerprint density at radius 1 is 0.909 bits per heavy atom. The van der Waals surface area contributed by atoms with Crippen molar-refractivity contribution >= 4 is 38.9 Å². The van der Waals surface area contributed by atoms with Gasteiger partial charge in [0.2, 0.25) is 15.9 Å². The second kappa shape index (κ2) is 9.95. The molecule has 8 heteroatoms. The van der Waals surface area contributed by atoms with Crippen LogP contribution in [-0.2, 0) is 21.2 Å². The molecule has 4 rings (SSSR count). The Labute approximate surface area is 199 Å². The van der Waals surface area contributed by atoms with Gasteiger partial charge in [0.05, 0.1) is 27.7 Å². The number of aryl methyl sites for hydroxylation is 1. The van der Waals surface area contributed by atoms with Crippen molar-refractivity contribution < 1.29 is 13.2 Å². The number of carbonyl (C=O) groups is 1. The quantitative estimate of drug-likeness (QED) is 0.566. The molecule has 1 aliphatic heterocycles. The number of halogens is 1. The lowest BCUT2D eigenvalue weighted by Gasteiger charge is -2.36. The Kier molecular flexibility index (Phi) is 7.02. The van der Waals surface area contributed by atoms with Gasteiger partial charge in [0, 0.05) is 26.2 Å². The first kappa shape index (κ1) is 23.3. The Bertz CT molecular complexity index is 1220. The van der Waals surface area contributed by atoms with Gasteiger partial charge in [-0.2, -0.15) is 4.31 Å². The summed E-state index contributed by atoms with van der Waals surface area (Å²) in [6.07, 6.45) is 0.259. The van der Waals surface area contributed by atoms with Crippen molar-refractivity contribution in [3.8, 4) is 0 Å². The normalized spacial score (nSPS) is 14.8. The van der Waals surface area contributed by atoms with Gasteiger partial charge in [-0.05, 0) is 36.8 Å². The van der Waals surface area contributed by atoms with Crippen molar-refractivity contribution in [1.82, 2.24) is 4.31 Å². The third-order valence-electron chi connectivity index (χ3n) is 5.68. The first-order valence-corrected chi connectivity index (χ1v) is 12.6. The molecule has 3 aromatic rings. The maximum atomic E-state index is 13.0. The van der Waals surface area contributed by atoms with Crippen molar-refractivity contribution in [3.63, 3.8) is 0 Å². The van der Waals surface area contributed by atoms with Crippen LogP contribution in [0.1, 0.15) is 11.1 Å². The molecule has 1 saturated heterocycles. The van der Waals surface area contributed by atoms with Crippen LogP contribution in [0.4, 0.5) is 11.4 Å². The lowest BCUT2D eigenvalue weighted by molar-refractivity contribution is -0.115. The van der Waals surface area contributed by atoms with Crippen LogP contribution in [0.2, 0.25) is 5.02 Å². The van der Waals surface area contributed by atoms with Gasteiger partial charge in [0.1, 0.15) is 0 Å². The molecule has 0 radical (unpaired) electrons. The van der Waals surface area contributed by atoms with Crippen molar-refractivity contribution in [2.45, 2.75) is 18.2 Å². The van der Waals surface area contributed by atoms with E-state index in [2.05, 4.69) is 5.32 Å². The van der Waals surface area contributed by atoms with Gasteiger partial charge in [-0.3, -0.25) is 4.79 Å². The topological polar surface area (TPSA) is 69.7 Å². The number of hydrogen-bond donors (Lipinski definition) is 1. The lowest BCUT2D eigenvalue weighted by atomic mass is 10.1. The number of amides is 1. The Morgan fingerprint density at radius 3 is 2.24 bits per heavy atom. The first-order chi connectivity index (χ1) is 15.8. The number of anilines is 2. The van der Waals surface area contributed by atoms with Crippen LogP contribution >= 0.6 is 11.6 Å². The molecule has 172 valence electrons. The number of para-hydroxylation sites is 1. The molecule has 3 aromatic carbocycles. The molecule has 1 N–H and O–H groups in total. The number of benzene rings is 3. The maximum Gasteiger partial charge on any atom is 0.243 e. The Morgan fingerprint density at radius 2 is 1.58 bits per heavy atom. The number of nitrogens with zero attached hydrogens (tertiary/aromatic N) is 2. The van der Waals surface area contributed by atoms with E-state index in [9.17, 15) is 13.2 Å². The molecule has 0 bridgehead atoms. The minimum Gasteiger partial charge on any atom is -0.366 e. The average Bonchev–Trinajstić information content (AvgIpc) is 2.80. The van der Waals surface area contributed by atoms with Crippen LogP contribution in [0.15, 0.2) is 77.7 Å². The van der Waals surface area contributed by atoms with E-state index in [-0.39, 0.29) is 12.3 Å². The molecule has 0 unspecified atom stereocenters. The molecular formula is C25H26ClN3O3S. The van der Waals surface area contributed by atoms with Crippen LogP contribution in [0.25, 0.3) is 0 Å². The van der Waals surface area contributed by atoms with Crippen molar-refractivity contribution in [2.75, 3.05) is 36.4 Å².